The summed E-state index contributed by atoms with van der Waals surface area (Å²) in [5.74, 6) is -0.532. The van der Waals surface area contributed by atoms with Crippen molar-refractivity contribution in [2.75, 3.05) is 19.8 Å². The van der Waals surface area contributed by atoms with Gasteiger partial charge in [0.1, 0.15) is 36.4 Å². The first-order chi connectivity index (χ1) is 21.5. The van der Waals surface area contributed by atoms with Crippen molar-refractivity contribution in [3.63, 3.8) is 0 Å². The Labute approximate surface area is 268 Å². The normalized spacial score (nSPS) is 22.1. The van der Waals surface area contributed by atoms with Crippen LogP contribution in [0.5, 0.6) is 6.01 Å². The van der Waals surface area contributed by atoms with Gasteiger partial charge in [-0.3, -0.25) is 9.98 Å². The molecule has 2 aromatic heterocycles. The molecule has 2 aliphatic rings. The molecule has 10 nitrogen and oxygen atoms in total. The lowest BCUT2D eigenvalue weighted by Crippen LogP contribution is -2.35. The number of halogens is 2. The highest BCUT2D eigenvalue weighted by atomic mass is 35.5. The van der Waals surface area contributed by atoms with Crippen molar-refractivity contribution in [2.24, 2.45) is 0 Å². The third-order valence-corrected chi connectivity index (χ3v) is 10.8. The largest absolute Gasteiger partial charge is 0.456 e. The molecule has 0 spiro atoms. The molecule has 238 valence electrons. The number of benzene rings is 2. The molecule has 4 heterocycles. The molecular formula is C31H34ClFN4O6SSi. The first-order valence-electron chi connectivity index (χ1n) is 14.6. The zero-order valence-corrected chi connectivity index (χ0v) is 27.6. The van der Waals surface area contributed by atoms with Crippen molar-refractivity contribution < 1.29 is 32.7 Å². The highest BCUT2D eigenvalue weighted by Crippen LogP contribution is 2.35. The van der Waals surface area contributed by atoms with Crippen LogP contribution in [-0.2, 0) is 31.7 Å². The Morgan fingerprint density at radius 3 is 2.56 bits per heavy atom. The van der Waals surface area contributed by atoms with E-state index in [0.29, 0.717) is 45.2 Å². The van der Waals surface area contributed by atoms with Crippen LogP contribution in [0.25, 0.3) is 33.5 Å². The van der Waals surface area contributed by atoms with E-state index in [1.807, 2.05) is 0 Å². The van der Waals surface area contributed by atoms with Crippen LogP contribution in [0.4, 0.5) is 4.39 Å². The zero-order valence-electron chi connectivity index (χ0n) is 25.0. The third-order valence-electron chi connectivity index (χ3n) is 7.84. The maximum Gasteiger partial charge on any atom is 0.301 e. The summed E-state index contributed by atoms with van der Waals surface area (Å²) in [5, 5.41) is 17.7. The van der Waals surface area contributed by atoms with Gasteiger partial charge in [0.05, 0.1) is 40.3 Å². The van der Waals surface area contributed by atoms with Crippen molar-refractivity contribution in [1.82, 2.24) is 14.5 Å². The Morgan fingerprint density at radius 1 is 1.11 bits per heavy atom. The summed E-state index contributed by atoms with van der Waals surface area (Å²) < 4.78 is 52.4. The second-order valence-electron chi connectivity index (χ2n) is 12.3. The molecule has 0 amide bonds. The fourth-order valence-electron chi connectivity index (χ4n) is 5.36. The highest BCUT2D eigenvalue weighted by molar-refractivity contribution is 7.98. The predicted octanol–water partition coefficient (Wildman–Crippen LogP) is 5.49. The van der Waals surface area contributed by atoms with Gasteiger partial charge in [0.15, 0.2) is 11.8 Å². The monoisotopic (exact) mass is 672 g/mol. The second kappa shape index (κ2) is 13.0. The molecule has 2 aromatic carbocycles. The number of imidazole rings is 1. The maximum absolute atomic E-state index is 14.9. The van der Waals surface area contributed by atoms with Crippen molar-refractivity contribution in [3.8, 4) is 28.4 Å². The summed E-state index contributed by atoms with van der Waals surface area (Å²) in [6.45, 7) is 8.04. The van der Waals surface area contributed by atoms with Gasteiger partial charge in [-0.2, -0.15) is 4.98 Å². The molecule has 4 aromatic rings. The number of pyridine rings is 1. The summed E-state index contributed by atoms with van der Waals surface area (Å²) in [4.78, 5) is 9.81. The van der Waals surface area contributed by atoms with E-state index in [9.17, 15) is 13.7 Å². The van der Waals surface area contributed by atoms with Crippen LogP contribution in [-0.4, -0.2) is 81.7 Å². The number of aliphatic hydroxyl groups is 1. The van der Waals surface area contributed by atoms with E-state index >= 15 is 0 Å². The highest BCUT2D eigenvalue weighted by Gasteiger charge is 2.49. The summed E-state index contributed by atoms with van der Waals surface area (Å²) in [6.07, 6.45) is -2.02. The topological polar surface area (TPSA) is 129 Å². The number of fused-ring (bicyclic) bond motifs is 2. The van der Waals surface area contributed by atoms with Crippen molar-refractivity contribution >= 4 is 47.2 Å². The molecule has 0 bridgehead atoms. The molecule has 14 heteroatoms. The lowest BCUT2D eigenvalue weighted by Gasteiger charge is -2.19. The minimum absolute atomic E-state index is 0.159. The summed E-state index contributed by atoms with van der Waals surface area (Å²) >= 11 is 6.72. The van der Waals surface area contributed by atoms with E-state index in [1.165, 1.54) is 6.07 Å². The van der Waals surface area contributed by atoms with Gasteiger partial charge >= 0.3 is 6.01 Å². The van der Waals surface area contributed by atoms with Crippen LogP contribution in [0.2, 0.25) is 30.7 Å². The number of aromatic nitrogens is 3. The lowest BCUT2D eigenvalue weighted by molar-refractivity contribution is 0.00336. The van der Waals surface area contributed by atoms with E-state index in [2.05, 4.69) is 19.6 Å². The van der Waals surface area contributed by atoms with Gasteiger partial charge in [-0.05, 0) is 29.8 Å². The molecule has 0 aliphatic carbocycles. The number of nitrogens with zero attached hydrogens (tertiary/aromatic N) is 3. The van der Waals surface area contributed by atoms with E-state index < -0.39 is 49.1 Å². The molecular weight excluding hydrogens is 639 g/mol. The van der Waals surface area contributed by atoms with Crippen LogP contribution < -0.4 is 4.74 Å². The van der Waals surface area contributed by atoms with Crippen molar-refractivity contribution in [1.29, 1.82) is 5.41 Å². The molecule has 2 saturated heterocycles. The average Bonchev–Trinajstić information content (AvgIpc) is 3.68. The van der Waals surface area contributed by atoms with Crippen LogP contribution in [0.3, 0.4) is 0 Å². The van der Waals surface area contributed by atoms with E-state index in [1.54, 1.807) is 47.0 Å². The van der Waals surface area contributed by atoms with Gasteiger partial charge in [-0.25, -0.2) is 13.6 Å². The SMILES string of the molecule is C[Si](C)(C)CCOCn1c(O[C@@H]2CO[C@H]3[C@@H]2OC[C@H]3O)nc2cc(Cl)c(-c3ccc(-c4ccc(S(=O)C=N)cc4F)cc3)nc21. The number of aliphatic hydroxyl groups excluding tert-OH is 1. The molecule has 0 saturated carbocycles. The Balaban J connectivity index is 1.31. The van der Waals surface area contributed by atoms with Crippen molar-refractivity contribution in [2.45, 2.75) is 61.7 Å². The Kier molecular flexibility index (Phi) is 9.21. The lowest BCUT2D eigenvalue weighted by atomic mass is 10.0. The summed E-state index contributed by atoms with van der Waals surface area (Å²) in [7, 11) is -3.00. The van der Waals surface area contributed by atoms with Gasteiger partial charge in [0.25, 0.3) is 0 Å². The zero-order chi connectivity index (χ0) is 31.9. The number of hydrogen-bond donors (Lipinski definition) is 2. The fourth-order valence-corrected chi connectivity index (χ4v) is 6.93. The average molecular weight is 673 g/mol. The van der Waals surface area contributed by atoms with E-state index in [0.717, 1.165) is 11.6 Å². The van der Waals surface area contributed by atoms with Crippen molar-refractivity contribution in [3.05, 3.63) is 59.4 Å². The number of hydrogen-bond acceptors (Lipinski definition) is 9. The van der Waals surface area contributed by atoms with Crippen LogP contribution in [0.15, 0.2) is 53.4 Å². The molecule has 45 heavy (non-hydrogen) atoms. The standard InChI is InChI=1S/C31H34ClFN4O6SSi/c1-45(2,3)11-10-40-17-37-30-24(35-31(37)43-26-15-42-28-25(38)14-41-29(26)28)13-22(32)27(36-30)19-6-4-18(5-7-19)21-9-8-20(12-23(21)33)44(39)16-34/h4-9,12-13,16,25-26,28-29,34,38H,10-11,14-15,17H2,1-3H3/t25-,26-,28-,29-,44?/m1/s1. The molecule has 2 N–H and O–H groups in total. The maximum atomic E-state index is 14.9. The van der Waals surface area contributed by atoms with Crippen LogP contribution in [0, 0.1) is 11.2 Å². The first kappa shape index (κ1) is 31.9. The van der Waals surface area contributed by atoms with Gasteiger partial charge in [0, 0.05) is 30.7 Å². The molecule has 1 unspecified atom stereocenters. The fraction of sp³-hybridized carbons (Fsp3) is 0.387. The first-order valence-corrected chi connectivity index (χ1v) is 19.9. The van der Waals surface area contributed by atoms with E-state index in [4.69, 9.17) is 45.9 Å². The molecule has 2 fully saturated rings. The molecule has 0 radical (unpaired) electrons. The van der Waals surface area contributed by atoms with Crippen LogP contribution >= 0.6 is 11.6 Å². The smallest absolute Gasteiger partial charge is 0.301 e. The van der Waals surface area contributed by atoms with Gasteiger partial charge < -0.3 is 24.1 Å². The predicted molar refractivity (Wildman–Crippen MR) is 173 cm³/mol. The molecule has 6 rings (SSSR count). The third kappa shape index (κ3) is 6.75. The van der Waals surface area contributed by atoms with Crippen LogP contribution in [0.1, 0.15) is 0 Å². The van der Waals surface area contributed by atoms with E-state index in [-0.39, 0.29) is 30.9 Å². The minimum atomic E-state index is -1.69. The Bertz CT molecular complexity index is 1750. The van der Waals surface area contributed by atoms with Gasteiger partial charge in [0.2, 0.25) is 0 Å². The number of ether oxygens (including phenoxy) is 4. The quantitative estimate of drug-likeness (QED) is 0.0927. The Morgan fingerprint density at radius 2 is 1.84 bits per heavy atom. The van der Waals surface area contributed by atoms with Gasteiger partial charge in [-0.1, -0.05) is 61.6 Å². The second-order valence-corrected chi connectivity index (χ2v) is 19.6. The number of rotatable bonds is 11. The molecule has 2 aliphatic heterocycles. The number of nitrogens with one attached hydrogen (secondary N) is 1. The summed E-state index contributed by atoms with van der Waals surface area (Å²) in [5.41, 5.74) is 3.99. The summed E-state index contributed by atoms with van der Waals surface area (Å²) in [6, 6.07) is 14.4. The minimum Gasteiger partial charge on any atom is -0.456 e. The van der Waals surface area contributed by atoms with Gasteiger partial charge in [-0.15, -0.1) is 0 Å². The Hall–Kier alpha value is -3.04. The molecule has 5 atom stereocenters.